The van der Waals surface area contributed by atoms with Crippen molar-refractivity contribution < 1.29 is 29.3 Å². The minimum absolute atomic E-state index is 0.0170. The van der Waals surface area contributed by atoms with E-state index in [0.29, 0.717) is 18.8 Å². The molecule has 2 aliphatic rings. The quantitative estimate of drug-likeness (QED) is 0.149. The molecule has 2 aliphatic carbocycles. The number of aliphatic hydroxyl groups is 2. The highest BCUT2D eigenvalue weighted by Gasteiger charge is 2.72. The van der Waals surface area contributed by atoms with Gasteiger partial charge in [0.05, 0.1) is 7.11 Å². The summed E-state index contributed by atoms with van der Waals surface area (Å²) in [4.78, 5) is 23.5. The van der Waals surface area contributed by atoms with Crippen LogP contribution in [-0.4, -0.2) is 41.2 Å². The molecule has 0 aromatic carbocycles. The topological polar surface area (TPSA) is 93.1 Å². The number of carbonyl (C=O) groups is 2. The van der Waals surface area contributed by atoms with Crippen LogP contribution in [0, 0.1) is 17.3 Å². The lowest BCUT2D eigenvalue weighted by atomic mass is 9.90. The molecule has 0 amide bonds. The third-order valence-electron chi connectivity index (χ3n) is 7.32. The number of carbonyl (C=O) groups excluding carboxylic acids is 2. The Morgan fingerprint density at radius 1 is 1.00 bits per heavy atom. The lowest BCUT2D eigenvalue weighted by Gasteiger charge is -2.22. The Balaban J connectivity index is 1.82. The molecule has 0 heterocycles. The third-order valence-corrected chi connectivity index (χ3v) is 7.32. The van der Waals surface area contributed by atoms with Crippen LogP contribution < -0.4 is 0 Å². The van der Waals surface area contributed by atoms with Crippen LogP contribution in [0.1, 0.15) is 97.3 Å². The van der Waals surface area contributed by atoms with Crippen LogP contribution in [0.3, 0.4) is 0 Å². The van der Waals surface area contributed by atoms with E-state index in [-0.39, 0.29) is 24.4 Å². The first-order chi connectivity index (χ1) is 15.8. The van der Waals surface area contributed by atoms with Crippen molar-refractivity contribution in [2.24, 2.45) is 17.3 Å². The Morgan fingerprint density at radius 2 is 1.70 bits per heavy atom. The Hall–Kier alpha value is -1.66. The number of esters is 2. The van der Waals surface area contributed by atoms with E-state index in [9.17, 15) is 19.8 Å². The van der Waals surface area contributed by atoms with Gasteiger partial charge in [-0.05, 0) is 50.9 Å². The summed E-state index contributed by atoms with van der Waals surface area (Å²) in [5.41, 5.74) is -1.21. The van der Waals surface area contributed by atoms with Gasteiger partial charge in [0.2, 0.25) is 0 Å². The van der Waals surface area contributed by atoms with Crippen molar-refractivity contribution in [3.05, 3.63) is 24.3 Å². The third kappa shape index (κ3) is 7.96. The zero-order valence-electron chi connectivity index (χ0n) is 20.8. The standard InChI is InChI=1S/C27H44O6/c1-4-5-6-7-8-9-10-12-15-22-17-18-24(33-21(2)28)23(22)16-13-11-14-19-26(25(29)32-3)20-27(26,30)31/h11-13,15,22-24,30-31H,4-10,14,16-20H2,1-3H3/b13-11-,15-12+/t22-,23+,24-,26?/m0/s1. The molecule has 6 nitrogen and oxygen atoms in total. The fourth-order valence-corrected chi connectivity index (χ4v) is 5.20. The molecule has 33 heavy (non-hydrogen) atoms. The average Bonchev–Trinajstić information content (AvgIpc) is 3.14. The van der Waals surface area contributed by atoms with Crippen LogP contribution in [0.2, 0.25) is 0 Å². The Kier molecular flexibility index (Phi) is 11.1. The maximum atomic E-state index is 12.0. The molecule has 0 radical (unpaired) electrons. The van der Waals surface area contributed by atoms with Crippen molar-refractivity contribution in [2.75, 3.05) is 7.11 Å². The zero-order chi connectivity index (χ0) is 24.3. The highest BCUT2D eigenvalue weighted by molar-refractivity contribution is 5.82. The molecule has 1 unspecified atom stereocenters. The van der Waals surface area contributed by atoms with Crippen molar-refractivity contribution in [3.63, 3.8) is 0 Å². The van der Waals surface area contributed by atoms with Crippen LogP contribution in [0.25, 0.3) is 0 Å². The van der Waals surface area contributed by atoms with Gasteiger partial charge in [-0.2, -0.15) is 0 Å². The first kappa shape index (κ1) is 27.6. The van der Waals surface area contributed by atoms with Gasteiger partial charge in [-0.1, -0.05) is 63.3 Å². The molecule has 2 fully saturated rings. The molecule has 2 rings (SSSR count). The van der Waals surface area contributed by atoms with Gasteiger partial charge in [0.15, 0.2) is 5.79 Å². The predicted molar refractivity (Wildman–Crippen MR) is 128 cm³/mol. The fraction of sp³-hybridized carbons (Fsp3) is 0.778. The molecule has 0 saturated heterocycles. The molecule has 2 N–H and O–H groups in total. The van der Waals surface area contributed by atoms with Crippen LogP contribution in [0.5, 0.6) is 0 Å². The molecular formula is C27H44O6. The lowest BCUT2D eigenvalue weighted by molar-refractivity contribution is -0.163. The van der Waals surface area contributed by atoms with E-state index >= 15 is 0 Å². The fourth-order valence-electron chi connectivity index (χ4n) is 5.20. The van der Waals surface area contributed by atoms with E-state index in [4.69, 9.17) is 9.47 Å². The van der Waals surface area contributed by atoms with E-state index in [1.165, 1.54) is 52.6 Å². The van der Waals surface area contributed by atoms with E-state index in [0.717, 1.165) is 25.7 Å². The summed E-state index contributed by atoms with van der Waals surface area (Å²) in [5.74, 6) is -2.13. The van der Waals surface area contributed by atoms with E-state index < -0.39 is 17.2 Å². The van der Waals surface area contributed by atoms with Crippen LogP contribution in [0.4, 0.5) is 0 Å². The number of methoxy groups -OCH3 is 1. The molecule has 0 aromatic heterocycles. The first-order valence-electron chi connectivity index (χ1n) is 12.8. The summed E-state index contributed by atoms with van der Waals surface area (Å²) in [6, 6.07) is 0. The number of ether oxygens (including phenoxy) is 2. The number of unbranched alkanes of at least 4 members (excludes halogenated alkanes) is 6. The smallest absolute Gasteiger partial charge is 0.317 e. The van der Waals surface area contributed by atoms with Crippen molar-refractivity contribution >= 4 is 11.9 Å². The van der Waals surface area contributed by atoms with Gasteiger partial charge in [-0.25, -0.2) is 0 Å². The minimum atomic E-state index is -1.97. The number of allylic oxidation sites excluding steroid dienone is 4. The SMILES string of the molecule is CCCCCCCC/C=C/[C@H]1CC[C@H](OC(C)=O)[C@@H]1C/C=C\CCC1(C(=O)OC)CC1(O)O. The second-order valence-electron chi connectivity index (χ2n) is 9.85. The van der Waals surface area contributed by atoms with Gasteiger partial charge in [0, 0.05) is 19.3 Å². The Labute approximate surface area is 199 Å². The van der Waals surface area contributed by atoms with Crippen LogP contribution in [0.15, 0.2) is 24.3 Å². The molecule has 4 atom stereocenters. The van der Waals surface area contributed by atoms with Crippen molar-refractivity contribution in [1.82, 2.24) is 0 Å². The van der Waals surface area contributed by atoms with E-state index in [1.54, 1.807) is 0 Å². The van der Waals surface area contributed by atoms with Gasteiger partial charge in [0.1, 0.15) is 11.5 Å². The predicted octanol–water partition coefficient (Wildman–Crippen LogP) is 5.22. The first-order valence-corrected chi connectivity index (χ1v) is 12.8. The molecular weight excluding hydrogens is 420 g/mol. The van der Waals surface area contributed by atoms with Crippen LogP contribution in [-0.2, 0) is 19.1 Å². The molecule has 0 aliphatic heterocycles. The Morgan fingerprint density at radius 3 is 2.33 bits per heavy atom. The Bertz CT molecular complexity index is 682. The summed E-state index contributed by atoms with van der Waals surface area (Å²) in [5, 5.41) is 19.8. The van der Waals surface area contributed by atoms with Crippen LogP contribution >= 0.6 is 0 Å². The number of hydrogen-bond acceptors (Lipinski definition) is 6. The summed E-state index contributed by atoms with van der Waals surface area (Å²) >= 11 is 0. The molecule has 0 aromatic rings. The molecule has 2 saturated carbocycles. The van der Waals surface area contributed by atoms with Gasteiger partial charge in [-0.3, -0.25) is 9.59 Å². The largest absolute Gasteiger partial charge is 0.468 e. The van der Waals surface area contributed by atoms with Gasteiger partial charge in [-0.15, -0.1) is 0 Å². The summed E-state index contributed by atoms with van der Waals surface area (Å²) < 4.78 is 10.4. The van der Waals surface area contributed by atoms with Crippen molar-refractivity contribution in [3.8, 4) is 0 Å². The zero-order valence-corrected chi connectivity index (χ0v) is 20.8. The summed E-state index contributed by atoms with van der Waals surface area (Å²) in [6.07, 6.45) is 21.1. The number of hydrogen-bond donors (Lipinski definition) is 2. The summed E-state index contributed by atoms with van der Waals surface area (Å²) in [6.45, 7) is 3.70. The lowest BCUT2D eigenvalue weighted by Crippen LogP contribution is -2.28. The highest BCUT2D eigenvalue weighted by atomic mass is 16.6. The van der Waals surface area contributed by atoms with E-state index in [1.807, 2.05) is 6.08 Å². The van der Waals surface area contributed by atoms with Gasteiger partial charge >= 0.3 is 11.9 Å². The molecule has 0 bridgehead atoms. The normalized spacial score (nSPS) is 28.5. The maximum Gasteiger partial charge on any atom is 0.317 e. The van der Waals surface area contributed by atoms with E-state index in [2.05, 4.69) is 25.2 Å². The molecule has 0 spiro atoms. The van der Waals surface area contributed by atoms with Gasteiger partial charge < -0.3 is 19.7 Å². The van der Waals surface area contributed by atoms with Crippen molar-refractivity contribution in [2.45, 2.75) is 109 Å². The monoisotopic (exact) mass is 464 g/mol. The second kappa shape index (κ2) is 13.3. The maximum absolute atomic E-state index is 12.0. The second-order valence-corrected chi connectivity index (χ2v) is 9.85. The summed E-state index contributed by atoms with van der Waals surface area (Å²) in [7, 11) is 1.27. The number of rotatable bonds is 15. The highest BCUT2D eigenvalue weighted by Crippen LogP contribution is 2.58. The average molecular weight is 465 g/mol. The molecule has 6 heteroatoms. The van der Waals surface area contributed by atoms with Gasteiger partial charge in [0.25, 0.3) is 0 Å². The molecule has 188 valence electrons. The minimum Gasteiger partial charge on any atom is -0.468 e. The van der Waals surface area contributed by atoms with Crippen molar-refractivity contribution in [1.29, 1.82) is 0 Å².